The van der Waals surface area contributed by atoms with Crippen molar-refractivity contribution in [1.29, 1.82) is 0 Å². The molecule has 0 saturated heterocycles. The van der Waals surface area contributed by atoms with E-state index in [0.717, 1.165) is 9.69 Å². The van der Waals surface area contributed by atoms with Crippen molar-refractivity contribution in [2.24, 2.45) is 5.92 Å². The normalized spacial score (nSPS) is 17.1. The van der Waals surface area contributed by atoms with Gasteiger partial charge in [-0.15, -0.1) is 0 Å². The molecule has 1 heterocycles. The van der Waals surface area contributed by atoms with Crippen molar-refractivity contribution in [3.8, 4) is 0 Å². The lowest BCUT2D eigenvalue weighted by atomic mass is 9.99. The summed E-state index contributed by atoms with van der Waals surface area (Å²) in [5.41, 5.74) is 0.434. The molecule has 0 spiro atoms. The number of nitrogens with zero attached hydrogens (tertiary/aromatic N) is 1. The highest BCUT2D eigenvalue weighted by molar-refractivity contribution is 7.93. The van der Waals surface area contributed by atoms with Crippen LogP contribution in [0.5, 0.6) is 0 Å². The van der Waals surface area contributed by atoms with E-state index in [1.807, 2.05) is 19.1 Å². The minimum Gasteiger partial charge on any atom is -0.480 e. The van der Waals surface area contributed by atoms with Crippen LogP contribution in [0.3, 0.4) is 0 Å². The summed E-state index contributed by atoms with van der Waals surface area (Å²) >= 11 is 0. The second kappa shape index (κ2) is 6.60. The summed E-state index contributed by atoms with van der Waals surface area (Å²) in [6.07, 6.45) is 0.573. The van der Waals surface area contributed by atoms with Crippen LogP contribution < -0.4 is 9.62 Å². The molecule has 26 heavy (non-hydrogen) atoms. The number of carbonyl (C=O) groups excluding carboxylic acids is 1. The second-order valence-corrected chi connectivity index (χ2v) is 8.24. The van der Waals surface area contributed by atoms with Gasteiger partial charge in [-0.1, -0.05) is 44.5 Å². The van der Waals surface area contributed by atoms with E-state index in [1.165, 1.54) is 6.07 Å². The number of hydrogen-bond acceptors (Lipinski definition) is 4. The minimum absolute atomic E-state index is 0.162. The molecule has 0 bridgehead atoms. The zero-order valence-corrected chi connectivity index (χ0v) is 15.3. The van der Waals surface area contributed by atoms with E-state index >= 15 is 0 Å². The highest BCUT2D eigenvalue weighted by Crippen LogP contribution is 2.41. The van der Waals surface area contributed by atoms with E-state index in [-0.39, 0.29) is 10.8 Å². The minimum atomic E-state index is -3.85. The molecule has 2 aromatic carbocycles. The first kappa shape index (κ1) is 18.2. The molecule has 1 aliphatic heterocycles. The van der Waals surface area contributed by atoms with Crippen LogP contribution in [-0.2, 0) is 19.6 Å². The van der Waals surface area contributed by atoms with Crippen molar-refractivity contribution < 1.29 is 23.1 Å². The number of carboxylic acid groups (broad SMARTS) is 1. The number of carboxylic acids is 1. The van der Waals surface area contributed by atoms with Crippen LogP contribution in [0.25, 0.3) is 10.8 Å². The Morgan fingerprint density at radius 3 is 2.46 bits per heavy atom. The first-order valence-corrected chi connectivity index (χ1v) is 9.78. The second-order valence-electron chi connectivity index (χ2n) is 6.41. The number of amides is 1. The predicted molar refractivity (Wildman–Crippen MR) is 97.5 cm³/mol. The van der Waals surface area contributed by atoms with E-state index in [0.29, 0.717) is 17.5 Å². The molecule has 2 N–H and O–H groups in total. The maximum Gasteiger partial charge on any atom is 0.326 e. The molecule has 0 aliphatic carbocycles. The molecule has 0 aromatic heterocycles. The van der Waals surface area contributed by atoms with E-state index in [4.69, 9.17) is 0 Å². The Bertz CT molecular complexity index is 981. The van der Waals surface area contributed by atoms with Crippen LogP contribution >= 0.6 is 0 Å². The standard InChI is InChI=1S/C18H20N2O5S/c1-3-11(2)17(18(22)23)19-15(21)10-20-13-8-4-6-12-7-5-9-14(16(12)13)26(20,24)25/h4-9,11,17H,3,10H2,1-2H3,(H,19,21)(H,22,23). The van der Waals surface area contributed by atoms with Gasteiger partial charge in [-0.25, -0.2) is 13.2 Å². The molecule has 0 radical (unpaired) electrons. The van der Waals surface area contributed by atoms with Gasteiger partial charge in [-0.05, 0) is 23.4 Å². The maximum absolute atomic E-state index is 12.8. The Morgan fingerprint density at radius 2 is 1.85 bits per heavy atom. The number of sulfonamides is 1. The molecule has 138 valence electrons. The van der Waals surface area contributed by atoms with Crippen molar-refractivity contribution in [2.75, 3.05) is 10.8 Å². The molecule has 2 unspecified atom stereocenters. The molecule has 2 atom stereocenters. The van der Waals surface area contributed by atoms with Crippen LogP contribution in [-0.4, -0.2) is 38.0 Å². The number of carbonyl (C=O) groups is 2. The SMILES string of the molecule is CCC(C)C(NC(=O)CN1c2cccc3cccc(c23)S1(=O)=O)C(=O)O. The predicted octanol–water partition coefficient (Wildman–Crippen LogP) is 1.96. The first-order chi connectivity index (χ1) is 12.3. The van der Waals surface area contributed by atoms with Gasteiger partial charge in [-0.3, -0.25) is 9.10 Å². The monoisotopic (exact) mass is 376 g/mol. The van der Waals surface area contributed by atoms with Crippen molar-refractivity contribution >= 4 is 38.4 Å². The summed E-state index contributed by atoms with van der Waals surface area (Å²) < 4.78 is 26.7. The lowest BCUT2D eigenvalue weighted by molar-refractivity contribution is -0.143. The third kappa shape index (κ3) is 2.90. The molecule has 3 rings (SSSR count). The lowest BCUT2D eigenvalue weighted by Gasteiger charge is -2.23. The van der Waals surface area contributed by atoms with Crippen LogP contribution in [0.1, 0.15) is 20.3 Å². The number of anilines is 1. The summed E-state index contributed by atoms with van der Waals surface area (Å²) in [6.45, 7) is 3.09. The van der Waals surface area contributed by atoms with Crippen LogP contribution in [0.15, 0.2) is 41.3 Å². The van der Waals surface area contributed by atoms with E-state index in [1.54, 1.807) is 25.1 Å². The number of benzene rings is 2. The molecule has 8 heteroatoms. The van der Waals surface area contributed by atoms with Gasteiger partial charge in [0.1, 0.15) is 12.6 Å². The van der Waals surface area contributed by atoms with Gasteiger partial charge in [0.05, 0.1) is 10.6 Å². The average molecular weight is 376 g/mol. The van der Waals surface area contributed by atoms with E-state index in [9.17, 15) is 23.1 Å². The quantitative estimate of drug-likeness (QED) is 0.802. The van der Waals surface area contributed by atoms with Crippen LogP contribution in [0.2, 0.25) is 0 Å². The summed E-state index contributed by atoms with van der Waals surface area (Å²) in [5.74, 6) is -2.05. The first-order valence-electron chi connectivity index (χ1n) is 8.34. The van der Waals surface area contributed by atoms with E-state index < -0.39 is 34.5 Å². The zero-order chi connectivity index (χ0) is 19.1. The number of aliphatic carboxylic acids is 1. The van der Waals surface area contributed by atoms with Gasteiger partial charge < -0.3 is 10.4 Å². The lowest BCUT2D eigenvalue weighted by Crippen LogP contribution is -2.49. The molecule has 1 aliphatic rings. The largest absolute Gasteiger partial charge is 0.480 e. The Balaban J connectivity index is 1.90. The van der Waals surface area contributed by atoms with Gasteiger partial charge in [0.2, 0.25) is 5.91 Å². The fourth-order valence-electron chi connectivity index (χ4n) is 3.16. The number of hydrogen-bond donors (Lipinski definition) is 2. The van der Waals surface area contributed by atoms with Crippen LogP contribution in [0.4, 0.5) is 5.69 Å². The van der Waals surface area contributed by atoms with Crippen molar-refractivity contribution in [3.63, 3.8) is 0 Å². The summed E-state index contributed by atoms with van der Waals surface area (Å²) in [7, 11) is -3.85. The Morgan fingerprint density at radius 1 is 1.19 bits per heavy atom. The van der Waals surface area contributed by atoms with Gasteiger partial charge in [0, 0.05) is 5.39 Å². The third-order valence-electron chi connectivity index (χ3n) is 4.76. The summed E-state index contributed by atoms with van der Waals surface area (Å²) in [6, 6.07) is 9.11. The molecule has 1 amide bonds. The topological polar surface area (TPSA) is 104 Å². The highest BCUT2D eigenvalue weighted by Gasteiger charge is 2.37. The average Bonchev–Trinajstić information content (AvgIpc) is 2.82. The fraction of sp³-hybridized carbons (Fsp3) is 0.333. The molecular weight excluding hydrogens is 356 g/mol. The van der Waals surface area contributed by atoms with Gasteiger partial charge in [0.25, 0.3) is 10.0 Å². The summed E-state index contributed by atoms with van der Waals surface area (Å²) in [4.78, 5) is 24.0. The molecule has 0 fully saturated rings. The summed E-state index contributed by atoms with van der Waals surface area (Å²) in [5, 5.41) is 13.1. The van der Waals surface area contributed by atoms with Crippen LogP contribution in [0, 0.1) is 5.92 Å². The molecular formula is C18H20N2O5S. The smallest absolute Gasteiger partial charge is 0.326 e. The van der Waals surface area contributed by atoms with Crippen molar-refractivity contribution in [2.45, 2.75) is 31.2 Å². The van der Waals surface area contributed by atoms with Crippen molar-refractivity contribution in [1.82, 2.24) is 5.32 Å². The number of rotatable bonds is 6. The van der Waals surface area contributed by atoms with E-state index in [2.05, 4.69) is 5.32 Å². The van der Waals surface area contributed by atoms with Gasteiger partial charge >= 0.3 is 5.97 Å². The Kier molecular flexibility index (Phi) is 4.62. The Hall–Kier alpha value is -2.61. The zero-order valence-electron chi connectivity index (χ0n) is 14.5. The Labute approximate surface area is 151 Å². The third-order valence-corrected chi connectivity index (χ3v) is 6.57. The van der Waals surface area contributed by atoms with Gasteiger partial charge in [-0.2, -0.15) is 0 Å². The van der Waals surface area contributed by atoms with Crippen molar-refractivity contribution in [3.05, 3.63) is 36.4 Å². The highest BCUT2D eigenvalue weighted by atomic mass is 32.2. The molecule has 2 aromatic rings. The molecule has 0 saturated carbocycles. The maximum atomic E-state index is 12.8. The fourth-order valence-corrected chi connectivity index (χ4v) is 4.83. The molecule has 7 nitrogen and oxygen atoms in total. The number of nitrogens with one attached hydrogen (secondary N) is 1. The van der Waals surface area contributed by atoms with Gasteiger partial charge in [0.15, 0.2) is 0 Å².